The second-order valence-electron chi connectivity index (χ2n) is 8.07. The van der Waals surface area contributed by atoms with Crippen LogP contribution in [-0.4, -0.2) is 41.4 Å². The zero-order chi connectivity index (χ0) is 21.5. The van der Waals surface area contributed by atoms with E-state index in [0.29, 0.717) is 11.9 Å². The van der Waals surface area contributed by atoms with E-state index >= 15 is 0 Å². The topological polar surface area (TPSA) is 93.4 Å². The number of aromatic nitrogens is 1. The Bertz CT molecular complexity index is 904. The van der Waals surface area contributed by atoms with Crippen molar-refractivity contribution >= 4 is 17.6 Å². The first-order valence-electron chi connectivity index (χ1n) is 10.5. The van der Waals surface area contributed by atoms with Gasteiger partial charge in [-0.3, -0.25) is 9.78 Å². The Balaban J connectivity index is 1.42. The number of pyridine rings is 1. The fraction of sp³-hybridized carbons (Fsp3) is 0.478. The molecule has 2 aliphatic rings. The first kappa shape index (κ1) is 21.6. The van der Waals surface area contributed by atoms with E-state index in [1.165, 1.54) is 0 Å². The summed E-state index contributed by atoms with van der Waals surface area (Å²) in [5.41, 5.74) is 4.73. The highest BCUT2D eigenvalue weighted by atomic mass is 16.2. The van der Waals surface area contributed by atoms with Crippen molar-refractivity contribution in [2.75, 3.05) is 25.0 Å². The van der Waals surface area contributed by atoms with E-state index in [4.69, 9.17) is 5.26 Å². The van der Waals surface area contributed by atoms with Crippen LogP contribution < -0.4 is 10.6 Å². The van der Waals surface area contributed by atoms with Gasteiger partial charge in [-0.1, -0.05) is 12.2 Å². The number of nitriles is 1. The van der Waals surface area contributed by atoms with Gasteiger partial charge >= 0.3 is 0 Å². The van der Waals surface area contributed by atoms with E-state index < -0.39 is 0 Å². The lowest BCUT2D eigenvalue weighted by molar-refractivity contribution is -0.126. The third-order valence-corrected chi connectivity index (χ3v) is 5.58. The second kappa shape index (κ2) is 10.1. The standard InChI is InChI=1S/C23H30N6O/c1-16-6-4-8-21(16)22(30)29-11-9-19(14-29)7-5-10-25-23(26-15-24)28-20-12-17(2)27-18(3)13-20/h4,6,12-13,19H,5,7-11,14H2,1-3H3,(H2,25,26,27,28). The zero-order valence-electron chi connectivity index (χ0n) is 18.0. The molecule has 2 heterocycles. The van der Waals surface area contributed by atoms with Gasteiger partial charge in [-0.15, -0.1) is 4.99 Å². The van der Waals surface area contributed by atoms with Crippen molar-refractivity contribution < 1.29 is 4.79 Å². The first-order valence-corrected chi connectivity index (χ1v) is 10.5. The lowest BCUT2D eigenvalue weighted by atomic mass is 10.0. The molecule has 1 amide bonds. The van der Waals surface area contributed by atoms with E-state index in [1.54, 1.807) is 0 Å². The van der Waals surface area contributed by atoms with Crippen molar-refractivity contribution in [2.24, 2.45) is 10.9 Å². The minimum atomic E-state index is 0.203. The Morgan fingerprint density at radius 2 is 2.10 bits per heavy atom. The number of nitrogens with zero attached hydrogens (tertiary/aromatic N) is 4. The minimum Gasteiger partial charge on any atom is -0.355 e. The molecule has 1 aliphatic carbocycles. The summed E-state index contributed by atoms with van der Waals surface area (Å²) in [6, 6.07) is 3.84. The molecule has 1 fully saturated rings. The minimum absolute atomic E-state index is 0.203. The van der Waals surface area contributed by atoms with Gasteiger partial charge in [-0.2, -0.15) is 5.26 Å². The van der Waals surface area contributed by atoms with Crippen molar-refractivity contribution in [3.05, 3.63) is 46.8 Å². The van der Waals surface area contributed by atoms with Crippen LogP contribution in [0.1, 0.15) is 44.0 Å². The van der Waals surface area contributed by atoms with Gasteiger partial charge < -0.3 is 15.5 Å². The smallest absolute Gasteiger partial charge is 0.250 e. The van der Waals surface area contributed by atoms with E-state index in [1.807, 2.05) is 50.1 Å². The quantitative estimate of drug-likeness (QED) is 0.327. The van der Waals surface area contributed by atoms with Gasteiger partial charge in [0, 0.05) is 42.3 Å². The maximum Gasteiger partial charge on any atom is 0.250 e. The van der Waals surface area contributed by atoms with Crippen LogP contribution in [0.5, 0.6) is 0 Å². The number of amides is 1. The van der Waals surface area contributed by atoms with Crippen LogP contribution in [0.15, 0.2) is 40.4 Å². The van der Waals surface area contributed by atoms with Crippen LogP contribution >= 0.6 is 0 Å². The van der Waals surface area contributed by atoms with Crippen LogP contribution in [0.4, 0.5) is 5.69 Å². The molecule has 1 aromatic heterocycles. The molecule has 3 rings (SSSR count). The molecule has 7 nitrogen and oxygen atoms in total. The number of hydrogen-bond donors (Lipinski definition) is 2. The monoisotopic (exact) mass is 406 g/mol. The summed E-state index contributed by atoms with van der Waals surface area (Å²) in [6.07, 6.45) is 9.75. The van der Waals surface area contributed by atoms with Gasteiger partial charge in [0.2, 0.25) is 18.1 Å². The summed E-state index contributed by atoms with van der Waals surface area (Å²) in [6.45, 7) is 8.28. The van der Waals surface area contributed by atoms with Gasteiger partial charge in [0.25, 0.3) is 0 Å². The number of likely N-dealkylation sites (tertiary alicyclic amines) is 1. The molecule has 7 heteroatoms. The Morgan fingerprint density at radius 3 is 2.77 bits per heavy atom. The van der Waals surface area contributed by atoms with Crippen LogP contribution in [0.2, 0.25) is 0 Å². The highest BCUT2D eigenvalue weighted by Gasteiger charge is 2.28. The number of allylic oxidation sites excluding steroid dienone is 3. The predicted octanol–water partition coefficient (Wildman–Crippen LogP) is 3.44. The van der Waals surface area contributed by atoms with E-state index in [9.17, 15) is 4.79 Å². The molecule has 158 valence electrons. The van der Waals surface area contributed by atoms with E-state index in [2.05, 4.69) is 26.7 Å². The zero-order valence-corrected chi connectivity index (χ0v) is 18.0. The van der Waals surface area contributed by atoms with Crippen LogP contribution in [0, 0.1) is 31.2 Å². The summed E-state index contributed by atoms with van der Waals surface area (Å²) in [4.78, 5) is 22.9. The maximum atomic E-state index is 12.7. The van der Waals surface area contributed by atoms with Gasteiger partial charge in [0.05, 0.1) is 0 Å². The third kappa shape index (κ3) is 5.69. The molecular weight excluding hydrogens is 376 g/mol. The van der Waals surface area contributed by atoms with E-state index in [-0.39, 0.29) is 5.91 Å². The average Bonchev–Trinajstić information content (AvgIpc) is 3.33. The van der Waals surface area contributed by atoms with Crippen molar-refractivity contribution in [1.29, 1.82) is 5.26 Å². The molecule has 1 unspecified atom stereocenters. The largest absolute Gasteiger partial charge is 0.355 e. The van der Waals surface area contributed by atoms with Gasteiger partial charge in [0.1, 0.15) is 0 Å². The number of aliphatic imine (C=N–C) groups is 1. The SMILES string of the molecule is CC1=C(C(=O)N2CCC(CCCN/C(=N/C#N)Nc3cc(C)nc(C)c3)C2)CC=C1. The molecule has 1 aliphatic heterocycles. The van der Waals surface area contributed by atoms with Crippen LogP contribution in [-0.2, 0) is 4.79 Å². The number of nitrogens with one attached hydrogen (secondary N) is 2. The Kier molecular flexibility index (Phi) is 7.23. The number of hydrogen-bond acceptors (Lipinski definition) is 4. The Morgan fingerprint density at radius 1 is 1.33 bits per heavy atom. The van der Waals surface area contributed by atoms with Gasteiger partial charge in [-0.05, 0) is 70.1 Å². The first-order chi connectivity index (χ1) is 14.5. The highest BCUT2D eigenvalue weighted by molar-refractivity contribution is 5.96. The van der Waals surface area contributed by atoms with Crippen molar-refractivity contribution in [3.8, 4) is 6.19 Å². The number of guanidine groups is 1. The number of aryl methyl sites for hydroxylation is 2. The normalized spacial score (nSPS) is 18.7. The van der Waals surface area contributed by atoms with E-state index in [0.717, 1.165) is 73.5 Å². The number of carbonyl (C=O) groups excluding carboxylic acids is 1. The summed E-state index contributed by atoms with van der Waals surface area (Å²) < 4.78 is 0. The number of rotatable bonds is 6. The summed E-state index contributed by atoms with van der Waals surface area (Å²) in [5.74, 6) is 1.18. The molecule has 0 aromatic carbocycles. The molecule has 2 N–H and O–H groups in total. The number of anilines is 1. The molecular formula is C23H30N6O. The molecule has 1 saturated heterocycles. The Labute approximate surface area is 178 Å². The van der Waals surface area contributed by atoms with Crippen molar-refractivity contribution in [2.45, 2.75) is 46.5 Å². The molecule has 30 heavy (non-hydrogen) atoms. The fourth-order valence-electron chi connectivity index (χ4n) is 4.12. The molecule has 0 bridgehead atoms. The van der Waals surface area contributed by atoms with Crippen LogP contribution in [0.25, 0.3) is 0 Å². The Hall–Kier alpha value is -3.14. The molecule has 1 aromatic rings. The van der Waals surface area contributed by atoms with Gasteiger partial charge in [-0.25, -0.2) is 0 Å². The molecule has 0 spiro atoms. The molecule has 1 atom stereocenters. The van der Waals surface area contributed by atoms with Crippen molar-refractivity contribution in [3.63, 3.8) is 0 Å². The lowest BCUT2D eigenvalue weighted by Crippen LogP contribution is -2.32. The van der Waals surface area contributed by atoms with Gasteiger partial charge in [0.15, 0.2) is 0 Å². The summed E-state index contributed by atoms with van der Waals surface area (Å²) in [5, 5.41) is 15.3. The summed E-state index contributed by atoms with van der Waals surface area (Å²) in [7, 11) is 0. The lowest BCUT2D eigenvalue weighted by Gasteiger charge is -2.18. The van der Waals surface area contributed by atoms with Crippen LogP contribution in [0.3, 0.4) is 0 Å². The van der Waals surface area contributed by atoms with Crippen molar-refractivity contribution in [1.82, 2.24) is 15.2 Å². The highest BCUT2D eigenvalue weighted by Crippen LogP contribution is 2.26. The molecule has 0 radical (unpaired) electrons. The average molecular weight is 407 g/mol. The third-order valence-electron chi connectivity index (χ3n) is 5.58. The number of carbonyl (C=O) groups is 1. The fourth-order valence-corrected chi connectivity index (χ4v) is 4.12. The maximum absolute atomic E-state index is 12.7. The second-order valence-corrected chi connectivity index (χ2v) is 8.07. The summed E-state index contributed by atoms with van der Waals surface area (Å²) >= 11 is 0. The molecule has 0 saturated carbocycles. The predicted molar refractivity (Wildman–Crippen MR) is 119 cm³/mol.